The molecule has 0 saturated carbocycles. The van der Waals surface area contributed by atoms with Gasteiger partial charge in [-0.2, -0.15) is 5.10 Å². The summed E-state index contributed by atoms with van der Waals surface area (Å²) in [6.07, 6.45) is 5.39. The number of nitrogens with zero attached hydrogens (tertiary/aromatic N) is 4. The molecule has 0 aliphatic carbocycles. The second-order valence-corrected chi connectivity index (χ2v) is 6.96. The molecule has 0 saturated heterocycles. The maximum atomic E-state index is 12.8. The third-order valence-electron chi connectivity index (χ3n) is 4.21. The van der Waals surface area contributed by atoms with Crippen LogP contribution >= 0.6 is 11.8 Å². The van der Waals surface area contributed by atoms with Crippen molar-refractivity contribution in [3.05, 3.63) is 95.6 Å². The van der Waals surface area contributed by atoms with E-state index in [-0.39, 0.29) is 5.56 Å². The summed E-state index contributed by atoms with van der Waals surface area (Å²) in [5, 5.41) is 5.57. The van der Waals surface area contributed by atoms with E-state index < -0.39 is 0 Å². The lowest BCUT2D eigenvalue weighted by Gasteiger charge is -2.11. The van der Waals surface area contributed by atoms with Crippen LogP contribution in [0.3, 0.4) is 0 Å². The lowest BCUT2D eigenvalue weighted by molar-refractivity contribution is 0.671. The van der Waals surface area contributed by atoms with Crippen molar-refractivity contribution in [2.24, 2.45) is 0 Å². The van der Waals surface area contributed by atoms with E-state index >= 15 is 0 Å². The topological polar surface area (TPSA) is 52.7 Å². The molecule has 0 radical (unpaired) electrons. The molecule has 0 unspecified atom stereocenters. The molecule has 0 fully saturated rings. The van der Waals surface area contributed by atoms with Crippen LogP contribution in [0, 0.1) is 0 Å². The number of fused-ring (bicyclic) bond motifs is 1. The zero-order valence-corrected chi connectivity index (χ0v) is 15.5. The summed E-state index contributed by atoms with van der Waals surface area (Å²) in [6.45, 7) is 4.21. The predicted molar refractivity (Wildman–Crippen MR) is 109 cm³/mol. The fourth-order valence-electron chi connectivity index (χ4n) is 2.86. The first-order valence-electron chi connectivity index (χ1n) is 8.58. The summed E-state index contributed by atoms with van der Waals surface area (Å²) in [5.74, 6) is 0.724. The molecule has 0 spiro atoms. The number of hydrogen-bond acceptors (Lipinski definition) is 4. The molecule has 27 heavy (non-hydrogen) atoms. The predicted octanol–water partition coefficient (Wildman–Crippen LogP) is 4.06. The van der Waals surface area contributed by atoms with E-state index in [1.165, 1.54) is 0 Å². The molecule has 5 nitrogen and oxygen atoms in total. The number of benzene rings is 2. The third kappa shape index (κ3) is 3.57. The Morgan fingerprint density at radius 3 is 2.63 bits per heavy atom. The Balaban J connectivity index is 1.60. The van der Waals surface area contributed by atoms with Crippen molar-refractivity contribution in [2.45, 2.75) is 17.5 Å². The minimum absolute atomic E-state index is 0.0305. The normalized spacial score (nSPS) is 11.0. The highest BCUT2D eigenvalue weighted by atomic mass is 32.2. The molecule has 0 aliphatic rings. The van der Waals surface area contributed by atoms with Gasteiger partial charge >= 0.3 is 0 Å². The average molecular weight is 374 g/mol. The molecule has 0 N–H and O–H groups in total. The van der Waals surface area contributed by atoms with Crippen LogP contribution in [-0.4, -0.2) is 19.3 Å². The van der Waals surface area contributed by atoms with Crippen molar-refractivity contribution in [2.75, 3.05) is 0 Å². The zero-order valence-electron chi connectivity index (χ0n) is 14.7. The first-order valence-corrected chi connectivity index (χ1v) is 9.57. The van der Waals surface area contributed by atoms with E-state index in [0.717, 1.165) is 22.5 Å². The van der Waals surface area contributed by atoms with Gasteiger partial charge in [-0.3, -0.25) is 9.36 Å². The van der Waals surface area contributed by atoms with Gasteiger partial charge in [-0.25, -0.2) is 9.67 Å². The fraction of sp³-hybridized carbons (Fsp3) is 0.0952. The van der Waals surface area contributed by atoms with Gasteiger partial charge in [0, 0.05) is 24.7 Å². The van der Waals surface area contributed by atoms with Crippen LogP contribution in [0.25, 0.3) is 16.6 Å². The zero-order chi connectivity index (χ0) is 18.6. The van der Waals surface area contributed by atoms with Gasteiger partial charge in [0.05, 0.1) is 16.6 Å². The van der Waals surface area contributed by atoms with E-state index in [4.69, 9.17) is 4.98 Å². The first kappa shape index (κ1) is 17.3. The highest BCUT2D eigenvalue weighted by molar-refractivity contribution is 7.98. The highest BCUT2D eigenvalue weighted by Gasteiger charge is 2.10. The molecule has 0 atom stereocenters. The van der Waals surface area contributed by atoms with Crippen molar-refractivity contribution in [1.29, 1.82) is 0 Å². The van der Waals surface area contributed by atoms with E-state index in [0.29, 0.717) is 17.1 Å². The summed E-state index contributed by atoms with van der Waals surface area (Å²) in [5.41, 5.74) is 2.86. The molecule has 0 amide bonds. The number of para-hydroxylation sites is 1. The van der Waals surface area contributed by atoms with Gasteiger partial charge in [-0.05, 0) is 35.9 Å². The monoisotopic (exact) mass is 374 g/mol. The van der Waals surface area contributed by atoms with Crippen LogP contribution in [0.4, 0.5) is 0 Å². The molecule has 0 aliphatic heterocycles. The second kappa shape index (κ2) is 7.63. The fourth-order valence-corrected chi connectivity index (χ4v) is 3.83. The van der Waals surface area contributed by atoms with Gasteiger partial charge in [0.15, 0.2) is 5.16 Å². The van der Waals surface area contributed by atoms with Gasteiger partial charge in [0.2, 0.25) is 0 Å². The summed E-state index contributed by atoms with van der Waals surface area (Å²) in [4.78, 5) is 17.5. The maximum absolute atomic E-state index is 12.8. The summed E-state index contributed by atoms with van der Waals surface area (Å²) in [7, 11) is 0. The maximum Gasteiger partial charge on any atom is 0.262 e. The average Bonchev–Trinajstić information content (AvgIpc) is 3.24. The van der Waals surface area contributed by atoms with Gasteiger partial charge < -0.3 is 0 Å². The Bertz CT molecular complexity index is 1130. The molecule has 4 aromatic rings. The molecule has 4 rings (SSSR count). The van der Waals surface area contributed by atoms with Crippen LogP contribution in [0.2, 0.25) is 0 Å². The molecule has 2 aromatic carbocycles. The standard InChI is InChI=1S/C21H18N4OS/c1-2-13-24-20(26)18-6-3-4-7-19(18)23-21(24)27-15-16-8-10-17(11-9-16)25-14-5-12-22-25/h2-12,14H,1,13,15H2. The van der Waals surface area contributed by atoms with Crippen LogP contribution in [0.1, 0.15) is 5.56 Å². The Morgan fingerprint density at radius 2 is 1.89 bits per heavy atom. The van der Waals surface area contributed by atoms with Crippen molar-refractivity contribution in [1.82, 2.24) is 19.3 Å². The Morgan fingerprint density at radius 1 is 1.07 bits per heavy atom. The first-order chi connectivity index (χ1) is 13.3. The quantitative estimate of drug-likeness (QED) is 0.290. The molecule has 2 aromatic heterocycles. The largest absolute Gasteiger partial charge is 0.283 e. The summed E-state index contributed by atoms with van der Waals surface area (Å²) >= 11 is 1.55. The number of allylic oxidation sites excluding steroid dienone is 1. The molecule has 2 heterocycles. The van der Waals surface area contributed by atoms with Crippen molar-refractivity contribution >= 4 is 22.7 Å². The van der Waals surface area contributed by atoms with E-state index in [1.54, 1.807) is 28.6 Å². The van der Waals surface area contributed by atoms with Crippen LogP contribution < -0.4 is 5.56 Å². The molecule has 0 bridgehead atoms. The minimum Gasteiger partial charge on any atom is -0.283 e. The van der Waals surface area contributed by atoms with Crippen molar-refractivity contribution in [3.63, 3.8) is 0 Å². The van der Waals surface area contributed by atoms with Gasteiger partial charge in [0.25, 0.3) is 5.56 Å². The number of rotatable bonds is 6. The minimum atomic E-state index is -0.0305. The van der Waals surface area contributed by atoms with Crippen LogP contribution in [-0.2, 0) is 12.3 Å². The molecular weight excluding hydrogens is 356 g/mol. The molecular formula is C21H18N4OS. The van der Waals surface area contributed by atoms with Crippen LogP contribution in [0.15, 0.2) is 89.6 Å². The highest BCUT2D eigenvalue weighted by Crippen LogP contribution is 2.23. The Hall–Kier alpha value is -3.12. The third-order valence-corrected chi connectivity index (χ3v) is 5.26. The molecule has 134 valence electrons. The van der Waals surface area contributed by atoms with E-state index in [9.17, 15) is 4.79 Å². The van der Waals surface area contributed by atoms with Crippen LogP contribution in [0.5, 0.6) is 0 Å². The number of hydrogen-bond donors (Lipinski definition) is 0. The van der Waals surface area contributed by atoms with E-state index in [1.807, 2.05) is 53.3 Å². The Labute approximate surface area is 161 Å². The van der Waals surface area contributed by atoms with Gasteiger partial charge in [0.1, 0.15) is 0 Å². The van der Waals surface area contributed by atoms with Gasteiger partial charge in [-0.1, -0.05) is 42.1 Å². The lowest BCUT2D eigenvalue weighted by Crippen LogP contribution is -2.22. The van der Waals surface area contributed by atoms with Crippen molar-refractivity contribution < 1.29 is 0 Å². The van der Waals surface area contributed by atoms with Gasteiger partial charge in [-0.15, -0.1) is 6.58 Å². The SMILES string of the molecule is C=CCn1c(SCc2ccc(-n3cccn3)cc2)nc2ccccc2c1=O. The number of thioether (sulfide) groups is 1. The van der Waals surface area contributed by atoms with E-state index in [2.05, 4.69) is 23.8 Å². The smallest absolute Gasteiger partial charge is 0.262 e. The second-order valence-electron chi connectivity index (χ2n) is 6.02. The summed E-state index contributed by atoms with van der Waals surface area (Å²) in [6, 6.07) is 17.6. The number of aromatic nitrogens is 4. The molecule has 6 heteroatoms. The Kier molecular flexibility index (Phi) is 4.89. The summed E-state index contributed by atoms with van der Waals surface area (Å²) < 4.78 is 3.50. The lowest BCUT2D eigenvalue weighted by atomic mass is 10.2. The van der Waals surface area contributed by atoms with Crippen molar-refractivity contribution in [3.8, 4) is 5.69 Å².